The Kier molecular flexibility index (Phi) is 20.5. The zero-order valence-electron chi connectivity index (χ0n) is 4.45. The van der Waals surface area contributed by atoms with Crippen LogP contribution in [0.5, 0.6) is 0 Å². The molecule has 4 nitrogen and oxygen atoms in total. The summed E-state index contributed by atoms with van der Waals surface area (Å²) < 4.78 is 43.9. The monoisotopic (exact) mass is 154 g/mol. The molecule has 9 heteroatoms. The molecule has 0 rings (SSSR count). The summed E-state index contributed by atoms with van der Waals surface area (Å²) in [5.74, 6) is 0. The van der Waals surface area contributed by atoms with Crippen LogP contribution in [0.2, 0.25) is 0 Å². The molecule has 0 aliphatic rings. The standard InChI is InChI=1S/BF2HO.Li.H2O3S/c2-1(3)4;;1-4(2)3/h4H;;(H2,1,2,3)/q;+1;/p-1. The second-order valence-electron chi connectivity index (χ2n) is 0.495. The molecule has 1 atom stereocenters. The Morgan fingerprint density at radius 2 is 1.56 bits per heavy atom. The fraction of sp³-hybridized carbons (Fsp3) is 0. The molecule has 0 saturated carbocycles. The van der Waals surface area contributed by atoms with Gasteiger partial charge in [0.2, 0.25) is 0 Å². The summed E-state index contributed by atoms with van der Waals surface area (Å²) in [6.45, 7) is 0. The topological polar surface area (TPSA) is 80.6 Å². The summed E-state index contributed by atoms with van der Waals surface area (Å²) in [6, 6.07) is 0. The van der Waals surface area contributed by atoms with Crippen LogP contribution in [0.1, 0.15) is 0 Å². The van der Waals surface area contributed by atoms with Crippen molar-refractivity contribution in [1.82, 2.24) is 0 Å². The van der Waals surface area contributed by atoms with Crippen LogP contribution >= 0.6 is 0 Å². The molecule has 0 aromatic heterocycles. The van der Waals surface area contributed by atoms with Crippen molar-refractivity contribution in [3.05, 3.63) is 0 Å². The second-order valence-corrected chi connectivity index (χ2v) is 0.929. The largest absolute Gasteiger partial charge is 1.00 e. The first-order valence-electron chi connectivity index (χ1n) is 1.21. The van der Waals surface area contributed by atoms with Gasteiger partial charge in [0.25, 0.3) is 0 Å². The molecule has 0 spiro atoms. The second kappa shape index (κ2) is 11.4. The molecule has 1 unspecified atom stereocenters. The SMILES string of the molecule is O=S([O-])O.OB(F)F.[Li+]. The van der Waals surface area contributed by atoms with Crippen molar-refractivity contribution in [2.75, 3.05) is 0 Å². The maximum absolute atomic E-state index is 9.89. The van der Waals surface area contributed by atoms with Crippen LogP contribution in [-0.4, -0.2) is 25.8 Å². The van der Waals surface area contributed by atoms with E-state index in [1.54, 1.807) is 0 Å². The summed E-state index contributed by atoms with van der Waals surface area (Å²) in [5.41, 5.74) is 0. The average Bonchev–Trinajstić information content (AvgIpc) is 1.25. The first-order chi connectivity index (χ1) is 3.46. The molecule has 0 aromatic rings. The summed E-state index contributed by atoms with van der Waals surface area (Å²) in [6.07, 6.45) is 0. The van der Waals surface area contributed by atoms with E-state index in [1.165, 1.54) is 0 Å². The van der Waals surface area contributed by atoms with Crippen molar-refractivity contribution >= 4 is 18.8 Å². The maximum atomic E-state index is 9.89. The van der Waals surface area contributed by atoms with Gasteiger partial charge in [-0.15, -0.1) is 0 Å². The predicted molar refractivity (Wildman–Crippen MR) is 21.7 cm³/mol. The molecular weight excluding hydrogens is 152 g/mol. The predicted octanol–water partition coefficient (Wildman–Crippen LogP) is -3.75. The van der Waals surface area contributed by atoms with Crippen LogP contribution in [0.25, 0.3) is 0 Å². The van der Waals surface area contributed by atoms with Gasteiger partial charge in [-0.3, -0.25) is 8.63 Å². The molecule has 0 aliphatic heterocycles. The molecule has 0 bridgehead atoms. The molecule has 0 aromatic carbocycles. The van der Waals surface area contributed by atoms with E-state index in [0.29, 0.717) is 0 Å². The number of rotatable bonds is 0. The van der Waals surface area contributed by atoms with Crippen molar-refractivity contribution < 1.29 is 45.8 Å². The van der Waals surface area contributed by atoms with Crippen molar-refractivity contribution in [3.63, 3.8) is 0 Å². The average molecular weight is 154 g/mol. The minimum atomic E-state index is -3.17. The van der Waals surface area contributed by atoms with E-state index >= 15 is 0 Å². The van der Waals surface area contributed by atoms with Crippen LogP contribution in [-0.2, 0) is 11.4 Å². The molecule has 0 fully saturated rings. The quantitative estimate of drug-likeness (QED) is 0.277. The van der Waals surface area contributed by atoms with Crippen LogP contribution in [0.4, 0.5) is 8.63 Å². The van der Waals surface area contributed by atoms with Crippen LogP contribution < -0.4 is 18.9 Å². The first-order valence-corrected chi connectivity index (χ1v) is 2.24. The summed E-state index contributed by atoms with van der Waals surface area (Å²) in [7, 11) is -3.17. The van der Waals surface area contributed by atoms with Gasteiger partial charge < -0.3 is 14.1 Å². The van der Waals surface area contributed by atoms with Gasteiger partial charge >= 0.3 is 26.3 Å². The van der Waals surface area contributed by atoms with E-state index in [0.717, 1.165) is 0 Å². The third-order valence-electron chi connectivity index (χ3n) is 0. The van der Waals surface area contributed by atoms with Crippen molar-refractivity contribution in [2.24, 2.45) is 0 Å². The molecule has 0 amide bonds. The third-order valence-corrected chi connectivity index (χ3v) is 0. The Labute approximate surface area is 65.1 Å². The van der Waals surface area contributed by atoms with Crippen molar-refractivity contribution in [2.45, 2.75) is 0 Å². The number of hydrogen-bond acceptors (Lipinski definition) is 3. The summed E-state index contributed by atoms with van der Waals surface area (Å²) in [5, 5.41) is 6.72. The van der Waals surface area contributed by atoms with Gasteiger partial charge in [0.1, 0.15) is 0 Å². The van der Waals surface area contributed by atoms with Gasteiger partial charge in [-0.2, -0.15) is 0 Å². The Morgan fingerprint density at radius 3 is 1.56 bits per heavy atom. The van der Waals surface area contributed by atoms with E-state index in [1.807, 2.05) is 0 Å². The van der Waals surface area contributed by atoms with E-state index < -0.39 is 18.8 Å². The van der Waals surface area contributed by atoms with Gasteiger partial charge in [0.15, 0.2) is 0 Å². The summed E-state index contributed by atoms with van der Waals surface area (Å²) >= 11 is -2.86. The Balaban J connectivity index is -0.0000000720. The number of halogens is 2. The fourth-order valence-corrected chi connectivity index (χ4v) is 0. The van der Waals surface area contributed by atoms with Gasteiger partial charge in [0.05, 0.1) is 11.4 Å². The Hall–Kier alpha value is 0.552. The van der Waals surface area contributed by atoms with E-state index in [9.17, 15) is 8.63 Å². The molecule has 9 heavy (non-hydrogen) atoms. The molecule has 0 heterocycles. The first kappa shape index (κ1) is 16.3. The fourth-order valence-electron chi connectivity index (χ4n) is 0. The van der Waals surface area contributed by atoms with Crippen molar-refractivity contribution in [3.8, 4) is 0 Å². The molecule has 50 valence electrons. The van der Waals surface area contributed by atoms with Crippen molar-refractivity contribution in [1.29, 1.82) is 0 Å². The van der Waals surface area contributed by atoms with E-state index in [-0.39, 0.29) is 18.9 Å². The zero-order chi connectivity index (χ0) is 7.15. The van der Waals surface area contributed by atoms with Gasteiger partial charge in [-0.25, -0.2) is 4.21 Å². The van der Waals surface area contributed by atoms with Gasteiger partial charge in [-0.05, 0) is 0 Å². The maximum Gasteiger partial charge on any atom is 1.00 e. The smallest absolute Gasteiger partial charge is 0.750 e. The molecule has 0 saturated heterocycles. The normalized spacial score (nSPS) is 9.89. The Morgan fingerprint density at radius 1 is 1.56 bits per heavy atom. The van der Waals surface area contributed by atoms with Gasteiger partial charge in [-0.1, -0.05) is 0 Å². The molecule has 0 radical (unpaired) electrons. The zero-order valence-corrected chi connectivity index (χ0v) is 5.27. The molecule has 0 aliphatic carbocycles. The van der Waals surface area contributed by atoms with Crippen LogP contribution in [0, 0.1) is 0 Å². The van der Waals surface area contributed by atoms with E-state index in [2.05, 4.69) is 0 Å². The minimum absolute atomic E-state index is 0. The van der Waals surface area contributed by atoms with Crippen LogP contribution in [0.3, 0.4) is 0 Å². The molecular formula is H2BF2LiO4S. The van der Waals surface area contributed by atoms with Crippen LogP contribution in [0.15, 0.2) is 0 Å². The summed E-state index contributed by atoms with van der Waals surface area (Å²) in [4.78, 5) is 0. The van der Waals surface area contributed by atoms with E-state index in [4.69, 9.17) is 18.3 Å². The van der Waals surface area contributed by atoms with Gasteiger partial charge in [0, 0.05) is 0 Å². The Bertz CT molecular complexity index is 62.8. The molecule has 2 N–H and O–H groups in total. The minimum Gasteiger partial charge on any atom is -0.750 e. The number of hydrogen-bond donors (Lipinski definition) is 2. The third kappa shape index (κ3) is 1200.